The van der Waals surface area contributed by atoms with Crippen molar-refractivity contribution in [1.82, 2.24) is 0 Å². The molecule has 8 atom stereocenters. The van der Waals surface area contributed by atoms with E-state index in [1.165, 1.54) is 84.3 Å². The smallest absolute Gasteiger partial charge is 0.344 e. The fourth-order valence-electron chi connectivity index (χ4n) is 14.1. The molecule has 60 heavy (non-hydrogen) atoms. The van der Waals surface area contributed by atoms with Crippen molar-refractivity contribution in [3.05, 3.63) is 174 Å². The number of hydrogen-bond donors (Lipinski definition) is 0. The molecular formula is C54H44O6. The summed E-state index contributed by atoms with van der Waals surface area (Å²) in [6.07, 6.45) is 4.28. The average molecular weight is 789 g/mol. The molecule has 0 N–H and O–H groups in total. The van der Waals surface area contributed by atoms with Crippen LogP contribution in [-0.4, -0.2) is 38.4 Å². The molecule has 14 rings (SSSR count). The minimum Gasteiger partial charge on any atom is -0.481 e. The molecule has 0 saturated carbocycles. The first kappa shape index (κ1) is 33.9. The second-order valence-electron chi connectivity index (χ2n) is 18.5. The van der Waals surface area contributed by atoms with Crippen molar-refractivity contribution in [2.24, 2.45) is 0 Å². The molecule has 0 heterocycles. The van der Waals surface area contributed by atoms with Gasteiger partial charge in [0.15, 0.2) is 13.2 Å². The molecular weight excluding hydrogens is 745 g/mol. The number of fused-ring (bicyclic) bond motifs is 33. The van der Waals surface area contributed by atoms with Crippen LogP contribution in [0.25, 0.3) is 10.8 Å². The number of carbonyl (C=O) groups is 2. The lowest BCUT2D eigenvalue weighted by molar-refractivity contribution is -0.146. The second kappa shape index (κ2) is 11.9. The molecule has 0 spiro atoms. The Morgan fingerprint density at radius 3 is 1.03 bits per heavy atom. The van der Waals surface area contributed by atoms with E-state index in [-0.39, 0.29) is 48.8 Å². The lowest BCUT2D eigenvalue weighted by Crippen LogP contribution is -2.19. The molecule has 0 radical (unpaired) electrons. The maximum Gasteiger partial charge on any atom is 0.344 e. The molecule has 8 unspecified atom stereocenters. The highest BCUT2D eigenvalue weighted by molar-refractivity contribution is 6.00. The minimum atomic E-state index is -0.378. The Morgan fingerprint density at radius 2 is 0.700 bits per heavy atom. The monoisotopic (exact) mass is 788 g/mol. The largest absolute Gasteiger partial charge is 0.481 e. The molecule has 6 aromatic carbocycles. The Hall–Kier alpha value is -5.88. The van der Waals surface area contributed by atoms with Gasteiger partial charge in [-0.25, -0.2) is 9.59 Å². The van der Waals surface area contributed by atoms with E-state index in [0.717, 1.165) is 52.7 Å². The van der Waals surface area contributed by atoms with Gasteiger partial charge in [0.1, 0.15) is 11.5 Å². The van der Waals surface area contributed by atoms with Gasteiger partial charge in [-0.3, -0.25) is 0 Å². The van der Waals surface area contributed by atoms with Gasteiger partial charge in [0.2, 0.25) is 0 Å². The van der Waals surface area contributed by atoms with Gasteiger partial charge in [-0.15, -0.1) is 0 Å². The van der Waals surface area contributed by atoms with E-state index in [1.54, 1.807) is 0 Å². The first-order chi connectivity index (χ1) is 29.5. The molecule has 0 aromatic heterocycles. The van der Waals surface area contributed by atoms with E-state index in [9.17, 15) is 9.59 Å². The summed E-state index contributed by atoms with van der Waals surface area (Å²) in [6.45, 7) is 3.90. The summed E-state index contributed by atoms with van der Waals surface area (Å²) in [4.78, 5) is 26.1. The van der Waals surface area contributed by atoms with Crippen molar-refractivity contribution in [3.63, 3.8) is 0 Å². The number of carbonyl (C=O) groups excluding carboxylic acids is 2. The standard InChI is InChI=1S/C54H44O6/c1-3-57-49(55)23-59-53-47-20-41-39-17-40(38-16-34-30-13-29(33(34)15-37(38)39)25-9-5-6-10-26(25)30)42(41)21-48(47)54(60-24-50(56)58-4-2)52-46-22-45(51(52)53)43-18-35-31-14-32(36(35)19-44(43)46)28-12-8-7-11-27(28)31/h5-12,15-16,18-21,29-32,39-40,45-46H,3-4,13-14,17,22-24H2,1-2H3. The molecule has 296 valence electrons. The molecule has 8 aliphatic rings. The van der Waals surface area contributed by atoms with Crippen LogP contribution in [0.1, 0.15) is 176 Å². The first-order valence-electron chi connectivity index (χ1n) is 22.3. The van der Waals surface area contributed by atoms with Crippen LogP contribution in [0, 0.1) is 0 Å². The van der Waals surface area contributed by atoms with Crippen LogP contribution in [0.3, 0.4) is 0 Å². The fourth-order valence-corrected chi connectivity index (χ4v) is 14.1. The third-order valence-corrected chi connectivity index (χ3v) is 16.2. The summed E-state index contributed by atoms with van der Waals surface area (Å²) in [5.74, 6) is 3.32. The molecule has 0 saturated heterocycles. The lowest BCUT2D eigenvalue weighted by atomic mass is 9.76. The Morgan fingerprint density at radius 1 is 0.417 bits per heavy atom. The van der Waals surface area contributed by atoms with Gasteiger partial charge < -0.3 is 18.9 Å². The van der Waals surface area contributed by atoms with Crippen LogP contribution in [0.15, 0.2) is 84.9 Å². The zero-order valence-electron chi connectivity index (χ0n) is 33.8. The van der Waals surface area contributed by atoms with E-state index >= 15 is 0 Å². The molecule has 8 bridgehead atoms. The highest BCUT2D eigenvalue weighted by atomic mass is 16.6. The van der Waals surface area contributed by atoms with E-state index in [0.29, 0.717) is 36.9 Å². The number of hydrogen-bond acceptors (Lipinski definition) is 6. The lowest BCUT2D eigenvalue weighted by Gasteiger charge is -2.30. The van der Waals surface area contributed by atoms with Gasteiger partial charge in [0, 0.05) is 69.2 Å². The SMILES string of the molecule is CCOC(=O)COc1c2c(c(OCC(=O)OCC)c3cc4c(cc13)C1CC4c3cc4c(cc31)C1CC4c3ccccc31)C1CC2c2cc3c(cc21)C1CC3c2ccccc21. The minimum absolute atomic E-state index is 0.0810. The van der Waals surface area contributed by atoms with Crippen molar-refractivity contribution < 1.29 is 28.5 Å². The summed E-state index contributed by atoms with van der Waals surface area (Å²) < 4.78 is 24.4. The zero-order valence-corrected chi connectivity index (χ0v) is 33.8. The number of benzene rings is 6. The van der Waals surface area contributed by atoms with Gasteiger partial charge in [-0.05, 0) is 130 Å². The van der Waals surface area contributed by atoms with E-state index in [4.69, 9.17) is 18.9 Å². The van der Waals surface area contributed by atoms with E-state index < -0.39 is 0 Å². The van der Waals surface area contributed by atoms with Crippen molar-refractivity contribution in [2.75, 3.05) is 26.4 Å². The summed E-state index contributed by atoms with van der Waals surface area (Å²) >= 11 is 0. The van der Waals surface area contributed by atoms with Gasteiger partial charge in [-0.2, -0.15) is 0 Å². The molecule has 6 aromatic rings. The number of rotatable bonds is 8. The highest BCUT2D eigenvalue weighted by Gasteiger charge is 2.51. The summed E-state index contributed by atoms with van der Waals surface area (Å²) in [5, 5.41) is 1.89. The van der Waals surface area contributed by atoms with Crippen LogP contribution < -0.4 is 9.47 Å². The van der Waals surface area contributed by atoms with Gasteiger partial charge in [0.25, 0.3) is 0 Å². The Bertz CT molecular complexity index is 2780. The first-order valence-corrected chi connectivity index (χ1v) is 22.3. The predicted molar refractivity (Wildman–Crippen MR) is 227 cm³/mol. The van der Waals surface area contributed by atoms with Gasteiger partial charge in [-0.1, -0.05) is 72.8 Å². The molecule has 0 amide bonds. The maximum atomic E-state index is 13.0. The van der Waals surface area contributed by atoms with Gasteiger partial charge in [0.05, 0.1) is 13.2 Å². The third-order valence-electron chi connectivity index (χ3n) is 16.2. The highest BCUT2D eigenvalue weighted by Crippen LogP contribution is 2.68. The molecule has 6 nitrogen and oxygen atoms in total. The second-order valence-corrected chi connectivity index (χ2v) is 18.5. The quantitative estimate of drug-likeness (QED) is 0.143. The van der Waals surface area contributed by atoms with Crippen molar-refractivity contribution >= 4 is 22.7 Å². The normalized spacial score (nSPS) is 26.0. The topological polar surface area (TPSA) is 71.1 Å². The number of ether oxygens (including phenoxy) is 4. The summed E-state index contributed by atoms with van der Waals surface area (Å²) in [5.41, 5.74) is 22.5. The predicted octanol–water partition coefficient (Wildman–Crippen LogP) is 10.6. The molecule has 6 heteroatoms. The van der Waals surface area contributed by atoms with E-state index in [1.807, 2.05) is 13.8 Å². The van der Waals surface area contributed by atoms with Crippen molar-refractivity contribution in [2.45, 2.75) is 86.9 Å². The Labute approximate surface area is 348 Å². The van der Waals surface area contributed by atoms with Crippen molar-refractivity contribution in [1.29, 1.82) is 0 Å². The van der Waals surface area contributed by atoms with Crippen LogP contribution in [0.5, 0.6) is 11.5 Å². The van der Waals surface area contributed by atoms with Crippen LogP contribution in [-0.2, 0) is 19.1 Å². The van der Waals surface area contributed by atoms with Gasteiger partial charge >= 0.3 is 11.9 Å². The summed E-state index contributed by atoms with van der Waals surface area (Å²) in [6, 6.07) is 32.9. The molecule has 0 fully saturated rings. The Balaban J connectivity index is 0.948. The van der Waals surface area contributed by atoms with E-state index in [2.05, 4.69) is 84.9 Å². The summed E-state index contributed by atoms with van der Waals surface area (Å²) in [7, 11) is 0. The Kier molecular flexibility index (Phi) is 6.72. The number of esters is 2. The van der Waals surface area contributed by atoms with Crippen molar-refractivity contribution in [3.8, 4) is 11.5 Å². The molecule has 0 aliphatic heterocycles. The maximum absolute atomic E-state index is 13.0. The fraction of sp³-hybridized carbons (Fsp3) is 0.333. The molecule has 8 aliphatic carbocycles. The van der Waals surface area contributed by atoms with Crippen LogP contribution in [0.4, 0.5) is 0 Å². The third kappa shape index (κ3) is 4.20. The van der Waals surface area contributed by atoms with Crippen LogP contribution in [0.2, 0.25) is 0 Å². The van der Waals surface area contributed by atoms with Crippen LogP contribution >= 0.6 is 0 Å². The zero-order chi connectivity index (χ0) is 39.7. The average Bonchev–Trinajstić information content (AvgIpc) is 4.15.